The second kappa shape index (κ2) is 10.3. The quantitative estimate of drug-likeness (QED) is 0.487. The van der Waals surface area contributed by atoms with Gasteiger partial charge in [0.1, 0.15) is 6.04 Å². The minimum atomic E-state index is -0.749. The molecule has 0 aliphatic heterocycles. The van der Waals surface area contributed by atoms with Gasteiger partial charge in [-0.2, -0.15) is 15.5 Å². The summed E-state index contributed by atoms with van der Waals surface area (Å²) in [5.41, 5.74) is 1.52. The first-order valence-electron chi connectivity index (χ1n) is 11.1. The molecule has 0 bridgehead atoms. The predicted molar refractivity (Wildman–Crippen MR) is 125 cm³/mol. The zero-order valence-corrected chi connectivity index (χ0v) is 19.6. The van der Waals surface area contributed by atoms with Crippen molar-refractivity contribution in [1.82, 2.24) is 30.2 Å². The molecule has 0 saturated heterocycles. The lowest BCUT2D eigenvalue weighted by Crippen LogP contribution is -2.53. The summed E-state index contributed by atoms with van der Waals surface area (Å²) in [5.74, 6) is -0.654. The number of nitriles is 1. The molecule has 9 heteroatoms. The standard InChI is InChI=1S/C24H31N7O2/c1-24(2,3)21(23(33)26-14-17-15-27-30(4)16-17)28-22(32)20-18-10-6-7-11-19(18)31(29-20)13-9-5-8-12-25/h6-7,10-11,15-16,21H,5,8-9,13-14H2,1-4H3,(H,26,33)(H,28,32)/t21-/m1/s1. The van der Waals surface area contributed by atoms with Gasteiger partial charge < -0.3 is 10.6 Å². The smallest absolute Gasteiger partial charge is 0.273 e. The summed E-state index contributed by atoms with van der Waals surface area (Å²) >= 11 is 0. The van der Waals surface area contributed by atoms with Crippen molar-refractivity contribution in [3.63, 3.8) is 0 Å². The van der Waals surface area contributed by atoms with Crippen molar-refractivity contribution in [2.24, 2.45) is 12.5 Å². The summed E-state index contributed by atoms with van der Waals surface area (Å²) in [4.78, 5) is 26.3. The number of carbonyl (C=O) groups excluding carboxylic acids is 2. The predicted octanol–water partition coefficient (Wildman–Crippen LogP) is 2.92. The van der Waals surface area contributed by atoms with Gasteiger partial charge in [-0.1, -0.05) is 39.0 Å². The third-order valence-electron chi connectivity index (χ3n) is 5.41. The van der Waals surface area contributed by atoms with Crippen LogP contribution in [0.2, 0.25) is 0 Å². The van der Waals surface area contributed by atoms with Crippen molar-refractivity contribution in [2.75, 3.05) is 0 Å². The first-order chi connectivity index (χ1) is 15.7. The van der Waals surface area contributed by atoms with E-state index in [1.807, 2.05) is 58.3 Å². The number of rotatable bonds is 9. The van der Waals surface area contributed by atoms with Crippen LogP contribution in [0.5, 0.6) is 0 Å². The number of nitrogens with zero attached hydrogens (tertiary/aromatic N) is 5. The highest BCUT2D eigenvalue weighted by atomic mass is 16.2. The molecule has 0 unspecified atom stereocenters. The molecular formula is C24H31N7O2. The minimum Gasteiger partial charge on any atom is -0.350 e. The van der Waals surface area contributed by atoms with E-state index in [1.165, 1.54) is 0 Å². The Labute approximate surface area is 193 Å². The fourth-order valence-corrected chi connectivity index (χ4v) is 3.66. The number of hydrogen-bond acceptors (Lipinski definition) is 5. The van der Waals surface area contributed by atoms with Gasteiger partial charge in [0, 0.05) is 43.7 Å². The molecule has 33 heavy (non-hydrogen) atoms. The van der Waals surface area contributed by atoms with Crippen LogP contribution in [0.4, 0.5) is 0 Å². The second-order valence-electron chi connectivity index (χ2n) is 9.22. The third-order valence-corrected chi connectivity index (χ3v) is 5.41. The molecule has 2 amide bonds. The molecule has 2 N–H and O–H groups in total. The van der Waals surface area contributed by atoms with Gasteiger partial charge >= 0.3 is 0 Å². The van der Waals surface area contributed by atoms with Crippen molar-refractivity contribution in [1.29, 1.82) is 5.26 Å². The number of unbranched alkanes of at least 4 members (excludes halogenated alkanes) is 2. The Balaban J connectivity index is 1.77. The van der Waals surface area contributed by atoms with E-state index in [4.69, 9.17) is 5.26 Å². The molecule has 0 fully saturated rings. The molecule has 174 valence electrons. The normalized spacial score (nSPS) is 12.3. The molecule has 2 aromatic heterocycles. The molecule has 3 rings (SSSR count). The summed E-state index contributed by atoms with van der Waals surface area (Å²) in [7, 11) is 1.82. The number of fused-ring (bicyclic) bond motifs is 1. The highest BCUT2D eigenvalue weighted by Crippen LogP contribution is 2.23. The van der Waals surface area contributed by atoms with Crippen LogP contribution < -0.4 is 10.6 Å². The average Bonchev–Trinajstić information content (AvgIpc) is 3.36. The maximum absolute atomic E-state index is 13.3. The van der Waals surface area contributed by atoms with Gasteiger partial charge in [-0.15, -0.1) is 0 Å². The van der Waals surface area contributed by atoms with E-state index in [-0.39, 0.29) is 5.91 Å². The van der Waals surface area contributed by atoms with E-state index >= 15 is 0 Å². The molecule has 0 aliphatic carbocycles. The minimum absolute atomic E-state index is 0.264. The SMILES string of the molecule is Cn1cc(CNC(=O)[C@@H](NC(=O)c2nn(CCCCC#N)c3ccccc23)C(C)(C)C)cn1. The number of nitrogens with one attached hydrogen (secondary N) is 2. The highest BCUT2D eigenvalue weighted by Gasteiger charge is 2.34. The Morgan fingerprint density at radius 3 is 2.64 bits per heavy atom. The van der Waals surface area contributed by atoms with Crippen LogP contribution in [0, 0.1) is 16.7 Å². The first-order valence-corrected chi connectivity index (χ1v) is 11.1. The molecule has 0 radical (unpaired) electrons. The summed E-state index contributed by atoms with van der Waals surface area (Å²) in [6.45, 7) is 6.67. The Hall–Kier alpha value is -3.67. The van der Waals surface area contributed by atoms with E-state index < -0.39 is 17.4 Å². The number of hydrogen-bond donors (Lipinski definition) is 2. The molecule has 0 aliphatic rings. The Morgan fingerprint density at radius 2 is 1.97 bits per heavy atom. The van der Waals surface area contributed by atoms with Gasteiger partial charge in [-0.3, -0.25) is 19.0 Å². The number of carbonyl (C=O) groups is 2. The molecule has 0 saturated carbocycles. The van der Waals surface area contributed by atoms with Crippen molar-refractivity contribution >= 4 is 22.7 Å². The van der Waals surface area contributed by atoms with Gasteiger partial charge in [0.05, 0.1) is 17.8 Å². The summed E-state index contributed by atoms with van der Waals surface area (Å²) in [6.07, 6.45) is 5.59. The number of para-hydroxylation sites is 1. The van der Waals surface area contributed by atoms with Crippen molar-refractivity contribution in [3.8, 4) is 6.07 Å². The zero-order valence-electron chi connectivity index (χ0n) is 19.6. The summed E-state index contributed by atoms with van der Waals surface area (Å²) in [6, 6.07) is 8.95. The molecule has 1 aromatic carbocycles. The van der Waals surface area contributed by atoms with E-state index in [0.29, 0.717) is 25.2 Å². The van der Waals surface area contributed by atoms with Crippen LogP contribution in [0.1, 0.15) is 56.1 Å². The van der Waals surface area contributed by atoms with Crippen LogP contribution >= 0.6 is 0 Å². The van der Waals surface area contributed by atoms with Crippen molar-refractivity contribution in [3.05, 3.63) is 47.9 Å². The monoisotopic (exact) mass is 449 g/mol. The molecule has 9 nitrogen and oxygen atoms in total. The largest absolute Gasteiger partial charge is 0.350 e. The van der Waals surface area contributed by atoms with Gasteiger partial charge in [-0.05, 0) is 24.3 Å². The Kier molecular flexibility index (Phi) is 7.48. The van der Waals surface area contributed by atoms with Crippen LogP contribution in [0.15, 0.2) is 36.7 Å². The molecule has 1 atom stereocenters. The second-order valence-corrected chi connectivity index (χ2v) is 9.22. The van der Waals surface area contributed by atoms with Gasteiger partial charge in [0.2, 0.25) is 5.91 Å². The zero-order chi connectivity index (χ0) is 24.0. The Bertz CT molecular complexity index is 1160. The lowest BCUT2D eigenvalue weighted by molar-refractivity contribution is -0.125. The lowest BCUT2D eigenvalue weighted by atomic mass is 9.86. The maximum atomic E-state index is 13.3. The van der Waals surface area contributed by atoms with Gasteiger partial charge in [0.15, 0.2) is 5.69 Å². The topological polar surface area (TPSA) is 118 Å². The molecule has 3 aromatic rings. The fourth-order valence-electron chi connectivity index (χ4n) is 3.66. The van der Waals surface area contributed by atoms with E-state index in [1.54, 1.807) is 15.6 Å². The van der Waals surface area contributed by atoms with Crippen LogP contribution in [0.25, 0.3) is 10.9 Å². The third kappa shape index (κ3) is 5.98. The average molecular weight is 450 g/mol. The van der Waals surface area contributed by atoms with Crippen LogP contribution in [-0.4, -0.2) is 37.4 Å². The van der Waals surface area contributed by atoms with Crippen molar-refractivity contribution < 1.29 is 9.59 Å². The summed E-state index contributed by atoms with van der Waals surface area (Å²) < 4.78 is 3.47. The number of benzene rings is 1. The summed E-state index contributed by atoms with van der Waals surface area (Å²) in [5, 5.41) is 24.0. The number of amides is 2. The van der Waals surface area contributed by atoms with E-state index in [9.17, 15) is 9.59 Å². The Morgan fingerprint density at radius 1 is 1.21 bits per heavy atom. The highest BCUT2D eigenvalue weighted by molar-refractivity contribution is 6.06. The maximum Gasteiger partial charge on any atom is 0.273 e. The lowest BCUT2D eigenvalue weighted by Gasteiger charge is -2.30. The van der Waals surface area contributed by atoms with E-state index in [0.717, 1.165) is 29.3 Å². The molecular weight excluding hydrogens is 418 g/mol. The van der Waals surface area contributed by atoms with Gasteiger partial charge in [0.25, 0.3) is 5.91 Å². The van der Waals surface area contributed by atoms with E-state index in [2.05, 4.69) is 26.9 Å². The number of aromatic nitrogens is 4. The van der Waals surface area contributed by atoms with Crippen LogP contribution in [0.3, 0.4) is 0 Å². The molecule has 0 spiro atoms. The van der Waals surface area contributed by atoms with Crippen molar-refractivity contribution in [2.45, 2.75) is 59.2 Å². The number of aryl methyl sites for hydroxylation is 2. The molecule has 2 heterocycles. The fraction of sp³-hybridized carbons (Fsp3) is 0.458. The first kappa shape index (κ1) is 24.0. The van der Waals surface area contributed by atoms with Gasteiger partial charge in [-0.25, -0.2) is 0 Å². The van der Waals surface area contributed by atoms with Crippen LogP contribution in [-0.2, 0) is 24.9 Å².